The average Bonchev–Trinajstić information content (AvgIpc) is 2.54. The molecule has 0 saturated heterocycles. The minimum Gasteiger partial charge on any atom is -0.497 e. The number of anilines is 1. The third-order valence-electron chi connectivity index (χ3n) is 3.30. The summed E-state index contributed by atoms with van der Waals surface area (Å²) in [5.41, 5.74) is 2.65. The largest absolute Gasteiger partial charge is 0.497 e. The van der Waals surface area contributed by atoms with Crippen LogP contribution in [0.1, 0.15) is 24.1 Å². The summed E-state index contributed by atoms with van der Waals surface area (Å²) in [5, 5.41) is 12.2. The van der Waals surface area contributed by atoms with Crippen molar-refractivity contribution in [3.63, 3.8) is 0 Å². The van der Waals surface area contributed by atoms with Crippen molar-refractivity contribution >= 4 is 5.69 Å². The fraction of sp³-hybridized carbons (Fsp3) is 0.235. The predicted molar refractivity (Wildman–Crippen MR) is 82.7 cm³/mol. The molecule has 1 atom stereocenters. The molecular weight excluding hydrogens is 264 g/mol. The van der Waals surface area contributed by atoms with Crippen LogP contribution in [0.25, 0.3) is 0 Å². The zero-order valence-corrected chi connectivity index (χ0v) is 12.4. The van der Waals surface area contributed by atoms with Gasteiger partial charge in [0.15, 0.2) is 0 Å². The third-order valence-corrected chi connectivity index (χ3v) is 3.30. The second-order valence-corrected chi connectivity index (χ2v) is 4.66. The molecule has 2 aromatic rings. The molecule has 4 nitrogen and oxygen atoms in total. The molecule has 0 aliphatic heterocycles. The summed E-state index contributed by atoms with van der Waals surface area (Å²) in [6, 6.07) is 15.3. The molecular formula is C17H18N2O2. The van der Waals surface area contributed by atoms with Gasteiger partial charge in [-0.3, -0.25) is 0 Å². The number of ether oxygens (including phenoxy) is 2. The van der Waals surface area contributed by atoms with Gasteiger partial charge in [0.25, 0.3) is 0 Å². The van der Waals surface area contributed by atoms with Crippen molar-refractivity contribution in [2.75, 3.05) is 19.5 Å². The number of rotatable bonds is 5. The zero-order valence-electron chi connectivity index (χ0n) is 12.4. The molecule has 1 unspecified atom stereocenters. The van der Waals surface area contributed by atoms with Gasteiger partial charge < -0.3 is 14.8 Å². The SMILES string of the molecule is COc1ccc(C(C)Nc2ccc(C#N)cc2)c(OC)c1. The van der Waals surface area contributed by atoms with Crippen LogP contribution < -0.4 is 14.8 Å². The third kappa shape index (κ3) is 3.46. The Bertz CT molecular complexity index is 645. The van der Waals surface area contributed by atoms with Crippen LogP contribution in [0.3, 0.4) is 0 Å². The van der Waals surface area contributed by atoms with Gasteiger partial charge in [-0.15, -0.1) is 0 Å². The van der Waals surface area contributed by atoms with Gasteiger partial charge in [0.2, 0.25) is 0 Å². The monoisotopic (exact) mass is 282 g/mol. The van der Waals surface area contributed by atoms with E-state index in [1.54, 1.807) is 26.4 Å². The van der Waals surface area contributed by atoms with Gasteiger partial charge in [-0.2, -0.15) is 5.26 Å². The van der Waals surface area contributed by atoms with Crippen molar-refractivity contribution in [1.29, 1.82) is 5.26 Å². The van der Waals surface area contributed by atoms with Crippen molar-refractivity contribution in [3.05, 3.63) is 53.6 Å². The number of nitrogens with zero attached hydrogens (tertiary/aromatic N) is 1. The first-order valence-electron chi connectivity index (χ1n) is 6.66. The van der Waals surface area contributed by atoms with Crippen molar-refractivity contribution in [2.24, 2.45) is 0 Å². The van der Waals surface area contributed by atoms with E-state index < -0.39 is 0 Å². The van der Waals surface area contributed by atoms with Crippen molar-refractivity contribution in [3.8, 4) is 17.6 Å². The molecule has 1 N–H and O–H groups in total. The molecule has 4 heteroatoms. The van der Waals surface area contributed by atoms with E-state index >= 15 is 0 Å². The van der Waals surface area contributed by atoms with Gasteiger partial charge in [-0.25, -0.2) is 0 Å². The Morgan fingerprint density at radius 2 is 1.76 bits per heavy atom. The zero-order chi connectivity index (χ0) is 15.2. The molecule has 0 heterocycles. The maximum absolute atomic E-state index is 8.81. The summed E-state index contributed by atoms with van der Waals surface area (Å²) in [6.07, 6.45) is 0. The first-order chi connectivity index (χ1) is 10.2. The van der Waals surface area contributed by atoms with Crippen molar-refractivity contribution < 1.29 is 9.47 Å². The highest BCUT2D eigenvalue weighted by Crippen LogP contribution is 2.31. The molecule has 0 radical (unpaired) electrons. The van der Waals surface area contributed by atoms with E-state index in [9.17, 15) is 0 Å². The summed E-state index contributed by atoms with van der Waals surface area (Å²) < 4.78 is 10.6. The fourth-order valence-corrected chi connectivity index (χ4v) is 2.14. The Labute approximate surface area is 124 Å². The normalized spacial score (nSPS) is 11.3. The number of hydrogen-bond donors (Lipinski definition) is 1. The van der Waals surface area contributed by atoms with Gasteiger partial charge in [0, 0.05) is 17.3 Å². The molecule has 0 spiro atoms. The first kappa shape index (κ1) is 14.7. The van der Waals surface area contributed by atoms with Crippen molar-refractivity contribution in [1.82, 2.24) is 0 Å². The second-order valence-electron chi connectivity index (χ2n) is 4.66. The summed E-state index contributed by atoms with van der Waals surface area (Å²) in [5.74, 6) is 1.55. The number of nitrogens with one attached hydrogen (secondary N) is 1. The number of methoxy groups -OCH3 is 2. The molecule has 0 aromatic heterocycles. The maximum atomic E-state index is 8.81. The second kappa shape index (κ2) is 6.67. The molecule has 0 amide bonds. The molecule has 2 aromatic carbocycles. The number of hydrogen-bond acceptors (Lipinski definition) is 4. The molecule has 0 saturated carbocycles. The van der Waals surface area contributed by atoms with Crippen LogP contribution in [0.4, 0.5) is 5.69 Å². The lowest BCUT2D eigenvalue weighted by Crippen LogP contribution is -2.08. The fourth-order valence-electron chi connectivity index (χ4n) is 2.14. The van der Waals surface area contributed by atoms with Crippen LogP contribution in [0, 0.1) is 11.3 Å². The Kier molecular flexibility index (Phi) is 4.68. The molecule has 0 aliphatic carbocycles. The Morgan fingerprint density at radius 3 is 2.33 bits per heavy atom. The smallest absolute Gasteiger partial charge is 0.127 e. The molecule has 0 aliphatic rings. The number of nitriles is 1. The van der Waals surface area contributed by atoms with Crippen LogP contribution in [0.2, 0.25) is 0 Å². The average molecular weight is 282 g/mol. The Morgan fingerprint density at radius 1 is 1.05 bits per heavy atom. The predicted octanol–water partition coefficient (Wildman–Crippen LogP) is 3.75. The van der Waals surface area contributed by atoms with E-state index in [0.29, 0.717) is 5.56 Å². The van der Waals surface area contributed by atoms with Gasteiger partial charge >= 0.3 is 0 Å². The summed E-state index contributed by atoms with van der Waals surface area (Å²) in [7, 11) is 3.28. The van der Waals surface area contributed by atoms with Crippen LogP contribution in [-0.2, 0) is 0 Å². The van der Waals surface area contributed by atoms with Gasteiger partial charge in [-0.05, 0) is 43.3 Å². The minimum absolute atomic E-state index is 0.0683. The Balaban J connectivity index is 2.19. The van der Waals surface area contributed by atoms with E-state index in [1.807, 2.05) is 30.3 Å². The van der Waals surface area contributed by atoms with Gasteiger partial charge in [0.05, 0.1) is 31.9 Å². The highest BCUT2D eigenvalue weighted by molar-refractivity contribution is 5.51. The summed E-state index contributed by atoms with van der Waals surface area (Å²) in [4.78, 5) is 0. The maximum Gasteiger partial charge on any atom is 0.127 e. The van der Waals surface area contributed by atoms with Crippen LogP contribution >= 0.6 is 0 Å². The molecule has 0 bridgehead atoms. The van der Waals surface area contributed by atoms with E-state index in [-0.39, 0.29) is 6.04 Å². The van der Waals surface area contributed by atoms with Crippen LogP contribution in [-0.4, -0.2) is 14.2 Å². The van der Waals surface area contributed by atoms with Crippen molar-refractivity contribution in [2.45, 2.75) is 13.0 Å². The lowest BCUT2D eigenvalue weighted by atomic mass is 10.1. The number of benzene rings is 2. The highest BCUT2D eigenvalue weighted by atomic mass is 16.5. The van der Waals surface area contributed by atoms with E-state index in [4.69, 9.17) is 14.7 Å². The van der Waals surface area contributed by atoms with E-state index in [1.165, 1.54) is 0 Å². The minimum atomic E-state index is 0.0683. The first-order valence-corrected chi connectivity index (χ1v) is 6.66. The van der Waals surface area contributed by atoms with Gasteiger partial charge in [-0.1, -0.05) is 0 Å². The summed E-state index contributed by atoms with van der Waals surface area (Å²) >= 11 is 0. The molecule has 0 fully saturated rings. The van der Waals surface area contributed by atoms with Crippen LogP contribution in [0.5, 0.6) is 11.5 Å². The summed E-state index contributed by atoms with van der Waals surface area (Å²) in [6.45, 7) is 2.06. The topological polar surface area (TPSA) is 54.3 Å². The lowest BCUT2D eigenvalue weighted by molar-refractivity contribution is 0.390. The van der Waals surface area contributed by atoms with Crippen LogP contribution in [0.15, 0.2) is 42.5 Å². The molecule has 2 rings (SSSR count). The highest BCUT2D eigenvalue weighted by Gasteiger charge is 2.12. The van der Waals surface area contributed by atoms with Gasteiger partial charge in [0.1, 0.15) is 11.5 Å². The lowest BCUT2D eigenvalue weighted by Gasteiger charge is -2.19. The van der Waals surface area contributed by atoms with E-state index in [2.05, 4.69) is 18.3 Å². The standard InChI is InChI=1S/C17H18N2O2/c1-12(19-14-6-4-13(11-18)5-7-14)16-9-8-15(20-2)10-17(16)21-3/h4-10,12,19H,1-3H3. The molecule has 108 valence electrons. The Hall–Kier alpha value is -2.67. The molecule has 21 heavy (non-hydrogen) atoms. The quantitative estimate of drug-likeness (QED) is 0.907. The van der Waals surface area contributed by atoms with E-state index in [0.717, 1.165) is 22.7 Å².